The fourth-order valence-electron chi connectivity index (χ4n) is 2.10. The van der Waals surface area contributed by atoms with Crippen LogP contribution in [0.3, 0.4) is 0 Å². The van der Waals surface area contributed by atoms with Gasteiger partial charge >= 0.3 is 11.9 Å². The fourth-order valence-corrected chi connectivity index (χ4v) is 2.10. The molecule has 1 atom stereocenters. The van der Waals surface area contributed by atoms with E-state index in [1.807, 2.05) is 6.07 Å². The normalized spacial score (nSPS) is 12.3. The van der Waals surface area contributed by atoms with Crippen molar-refractivity contribution in [1.82, 2.24) is 9.88 Å². The molecular formula is C15H22N2O4. The molecule has 0 aliphatic carbocycles. The molecule has 0 radical (unpaired) electrons. The Morgan fingerprint density at radius 2 is 1.71 bits per heavy atom. The topological polar surface area (TPSA) is 68.7 Å². The van der Waals surface area contributed by atoms with Gasteiger partial charge < -0.3 is 9.47 Å². The van der Waals surface area contributed by atoms with E-state index >= 15 is 0 Å². The number of aromatic nitrogens is 1. The van der Waals surface area contributed by atoms with Crippen molar-refractivity contribution in [3.8, 4) is 0 Å². The van der Waals surface area contributed by atoms with Gasteiger partial charge in [0.05, 0.1) is 24.9 Å². The summed E-state index contributed by atoms with van der Waals surface area (Å²) in [5.74, 6) is -2.25. The Morgan fingerprint density at radius 3 is 2.10 bits per heavy atom. The van der Waals surface area contributed by atoms with Crippen LogP contribution in [0.1, 0.15) is 25.6 Å². The van der Waals surface area contributed by atoms with Crippen molar-refractivity contribution in [2.75, 3.05) is 27.3 Å². The Balaban J connectivity index is 3.18. The first-order chi connectivity index (χ1) is 10.0. The SMILES string of the molecule is CCOC(=O)C(C(=O)OCC)[C@@H](c1ccccn1)N(C)C. The second-order valence-corrected chi connectivity index (χ2v) is 4.64. The van der Waals surface area contributed by atoms with Crippen LogP contribution in [0.5, 0.6) is 0 Å². The number of hydrogen-bond acceptors (Lipinski definition) is 6. The standard InChI is InChI=1S/C15H22N2O4/c1-5-20-14(18)12(15(19)21-6-2)13(17(3)4)11-9-7-8-10-16-11/h7-10,12-13H,5-6H2,1-4H3/t13-/m1/s1. The van der Waals surface area contributed by atoms with E-state index in [1.165, 1.54) is 0 Å². The summed E-state index contributed by atoms with van der Waals surface area (Å²) in [6, 6.07) is 4.83. The molecule has 21 heavy (non-hydrogen) atoms. The van der Waals surface area contributed by atoms with Gasteiger partial charge in [0.2, 0.25) is 0 Å². The third-order valence-corrected chi connectivity index (χ3v) is 2.94. The molecule has 0 unspecified atom stereocenters. The van der Waals surface area contributed by atoms with Crippen LogP contribution < -0.4 is 0 Å². The minimum absolute atomic E-state index is 0.205. The van der Waals surface area contributed by atoms with Gasteiger partial charge in [0.25, 0.3) is 0 Å². The minimum Gasteiger partial charge on any atom is -0.465 e. The van der Waals surface area contributed by atoms with Crippen LogP contribution in [0.15, 0.2) is 24.4 Å². The van der Waals surface area contributed by atoms with E-state index in [9.17, 15) is 9.59 Å². The highest BCUT2D eigenvalue weighted by molar-refractivity contribution is 5.96. The van der Waals surface area contributed by atoms with Crippen molar-refractivity contribution < 1.29 is 19.1 Å². The number of ether oxygens (including phenoxy) is 2. The van der Waals surface area contributed by atoms with Crippen LogP contribution in [-0.4, -0.2) is 49.1 Å². The summed E-state index contributed by atoms with van der Waals surface area (Å²) in [5.41, 5.74) is 0.619. The molecule has 0 aliphatic rings. The Labute approximate surface area is 125 Å². The quantitative estimate of drug-likeness (QED) is 0.560. The minimum atomic E-state index is -1.06. The zero-order chi connectivity index (χ0) is 15.8. The molecule has 0 fully saturated rings. The maximum atomic E-state index is 12.2. The van der Waals surface area contributed by atoms with Crippen LogP contribution in [0, 0.1) is 5.92 Å². The summed E-state index contributed by atoms with van der Waals surface area (Å²) in [7, 11) is 3.57. The molecule has 0 bridgehead atoms. The second-order valence-electron chi connectivity index (χ2n) is 4.64. The first-order valence-corrected chi connectivity index (χ1v) is 6.93. The summed E-state index contributed by atoms with van der Waals surface area (Å²) in [6.45, 7) is 3.81. The van der Waals surface area contributed by atoms with Gasteiger partial charge in [-0.1, -0.05) is 6.07 Å². The molecule has 1 rings (SSSR count). The van der Waals surface area contributed by atoms with E-state index < -0.39 is 23.9 Å². The summed E-state index contributed by atoms with van der Waals surface area (Å²) >= 11 is 0. The molecule has 1 aromatic rings. The Kier molecular flexibility index (Phi) is 6.81. The predicted octanol–water partition coefficient (Wildman–Crippen LogP) is 1.43. The number of pyridine rings is 1. The number of nitrogens with zero attached hydrogens (tertiary/aromatic N) is 2. The molecule has 0 saturated heterocycles. The fraction of sp³-hybridized carbons (Fsp3) is 0.533. The highest BCUT2D eigenvalue weighted by Gasteiger charge is 2.40. The van der Waals surface area contributed by atoms with Crippen LogP contribution in [0.4, 0.5) is 0 Å². The van der Waals surface area contributed by atoms with Crippen molar-refractivity contribution in [2.24, 2.45) is 5.92 Å². The number of rotatable bonds is 7. The lowest BCUT2D eigenvalue weighted by molar-refractivity contribution is -0.165. The largest absolute Gasteiger partial charge is 0.465 e. The lowest BCUT2D eigenvalue weighted by Crippen LogP contribution is -2.40. The first-order valence-electron chi connectivity index (χ1n) is 6.93. The molecule has 6 heteroatoms. The van der Waals surface area contributed by atoms with Gasteiger partial charge in [-0.2, -0.15) is 0 Å². The Bertz CT molecular complexity index is 444. The zero-order valence-electron chi connectivity index (χ0n) is 12.9. The summed E-state index contributed by atoms with van der Waals surface area (Å²) in [4.78, 5) is 30.4. The van der Waals surface area contributed by atoms with E-state index in [-0.39, 0.29) is 13.2 Å². The van der Waals surface area contributed by atoms with Crippen molar-refractivity contribution in [3.05, 3.63) is 30.1 Å². The maximum absolute atomic E-state index is 12.2. The molecular weight excluding hydrogens is 272 g/mol. The molecule has 0 aromatic carbocycles. The highest BCUT2D eigenvalue weighted by Crippen LogP contribution is 2.27. The highest BCUT2D eigenvalue weighted by atomic mass is 16.6. The maximum Gasteiger partial charge on any atom is 0.322 e. The van der Waals surface area contributed by atoms with Gasteiger partial charge in [0, 0.05) is 6.20 Å². The van der Waals surface area contributed by atoms with Crippen molar-refractivity contribution in [3.63, 3.8) is 0 Å². The summed E-state index contributed by atoms with van der Waals surface area (Å²) in [5, 5.41) is 0. The monoisotopic (exact) mass is 294 g/mol. The first kappa shape index (κ1) is 17.1. The lowest BCUT2D eigenvalue weighted by Gasteiger charge is -2.29. The zero-order valence-corrected chi connectivity index (χ0v) is 12.9. The molecule has 116 valence electrons. The average molecular weight is 294 g/mol. The van der Waals surface area contributed by atoms with Crippen LogP contribution >= 0.6 is 0 Å². The van der Waals surface area contributed by atoms with E-state index in [1.54, 1.807) is 51.2 Å². The van der Waals surface area contributed by atoms with Crippen molar-refractivity contribution in [1.29, 1.82) is 0 Å². The average Bonchev–Trinajstić information content (AvgIpc) is 2.45. The molecule has 0 saturated carbocycles. The summed E-state index contributed by atoms with van der Waals surface area (Å²) in [6.07, 6.45) is 1.62. The number of carbonyl (C=O) groups is 2. The van der Waals surface area contributed by atoms with Gasteiger partial charge in [-0.25, -0.2) is 0 Å². The predicted molar refractivity (Wildman–Crippen MR) is 77.4 cm³/mol. The third-order valence-electron chi connectivity index (χ3n) is 2.94. The van der Waals surface area contributed by atoms with Crippen LogP contribution in [0.25, 0.3) is 0 Å². The second kappa shape index (κ2) is 8.36. The smallest absolute Gasteiger partial charge is 0.322 e. The van der Waals surface area contributed by atoms with Gasteiger partial charge in [-0.3, -0.25) is 19.5 Å². The van der Waals surface area contributed by atoms with E-state index in [4.69, 9.17) is 9.47 Å². The lowest BCUT2D eigenvalue weighted by atomic mass is 9.95. The van der Waals surface area contributed by atoms with E-state index in [0.29, 0.717) is 5.69 Å². The molecule has 0 spiro atoms. The summed E-state index contributed by atoms with van der Waals surface area (Å²) < 4.78 is 10.1. The third kappa shape index (κ3) is 4.53. The molecule has 6 nitrogen and oxygen atoms in total. The Hall–Kier alpha value is -1.95. The van der Waals surface area contributed by atoms with Gasteiger partial charge in [-0.05, 0) is 40.1 Å². The Morgan fingerprint density at radius 1 is 1.14 bits per heavy atom. The van der Waals surface area contributed by atoms with Crippen molar-refractivity contribution in [2.45, 2.75) is 19.9 Å². The van der Waals surface area contributed by atoms with Crippen LogP contribution in [0.2, 0.25) is 0 Å². The van der Waals surface area contributed by atoms with Crippen LogP contribution in [-0.2, 0) is 19.1 Å². The molecule has 1 heterocycles. The molecule has 0 N–H and O–H groups in total. The number of esters is 2. The van der Waals surface area contributed by atoms with Crippen molar-refractivity contribution >= 4 is 11.9 Å². The molecule has 0 amide bonds. The van der Waals surface area contributed by atoms with Gasteiger partial charge in [-0.15, -0.1) is 0 Å². The van der Waals surface area contributed by atoms with E-state index in [0.717, 1.165) is 0 Å². The number of carbonyl (C=O) groups excluding carboxylic acids is 2. The van der Waals surface area contributed by atoms with Gasteiger partial charge in [0.15, 0.2) is 5.92 Å². The molecule has 0 aliphatic heterocycles. The molecule has 1 aromatic heterocycles. The number of hydrogen-bond donors (Lipinski definition) is 0. The van der Waals surface area contributed by atoms with E-state index in [2.05, 4.69) is 4.98 Å². The van der Waals surface area contributed by atoms with Gasteiger partial charge in [0.1, 0.15) is 0 Å².